The smallest absolute Gasteiger partial charge is 0.261 e. The highest BCUT2D eigenvalue weighted by molar-refractivity contribution is 9.10. The second-order valence-electron chi connectivity index (χ2n) is 6.76. The lowest BCUT2D eigenvalue weighted by atomic mass is 10.1. The number of nitrogens with zero attached hydrogens (tertiary/aromatic N) is 1. The molecule has 7 heteroatoms. The van der Waals surface area contributed by atoms with Crippen LogP contribution in [0.3, 0.4) is 0 Å². The highest BCUT2D eigenvalue weighted by Gasteiger charge is 2.34. The van der Waals surface area contributed by atoms with E-state index in [2.05, 4.69) is 15.9 Å². The topological polar surface area (TPSA) is 63.7 Å². The average Bonchev–Trinajstić information content (AvgIpc) is 2.98. The van der Waals surface area contributed by atoms with Gasteiger partial charge in [-0.25, -0.2) is 8.42 Å². The number of amides is 1. The fraction of sp³-hybridized carbons (Fsp3) is 0.350. The number of ether oxygens (including phenoxy) is 1. The minimum absolute atomic E-state index is 0.0110. The predicted octanol–water partition coefficient (Wildman–Crippen LogP) is 3.35. The van der Waals surface area contributed by atoms with Crippen molar-refractivity contribution in [3.05, 3.63) is 64.1 Å². The number of carbonyl (C=O) groups is 1. The highest BCUT2D eigenvalue weighted by Crippen LogP contribution is 2.22. The maximum absolute atomic E-state index is 12.9. The molecule has 1 aliphatic heterocycles. The summed E-state index contributed by atoms with van der Waals surface area (Å²) in [5, 5.41) is 0. The lowest BCUT2D eigenvalue weighted by Crippen LogP contribution is -2.43. The van der Waals surface area contributed by atoms with Crippen LogP contribution >= 0.6 is 15.9 Å². The Kier molecular flexibility index (Phi) is 6.22. The van der Waals surface area contributed by atoms with E-state index in [0.717, 1.165) is 15.6 Å². The zero-order valence-corrected chi connectivity index (χ0v) is 17.5. The molecule has 0 N–H and O–H groups in total. The minimum Gasteiger partial charge on any atom is -0.484 e. The third-order valence-corrected chi connectivity index (χ3v) is 6.90. The van der Waals surface area contributed by atoms with Crippen LogP contribution < -0.4 is 4.74 Å². The summed E-state index contributed by atoms with van der Waals surface area (Å²) in [6.45, 7) is 2.16. The first-order valence-corrected chi connectivity index (χ1v) is 11.4. The van der Waals surface area contributed by atoms with Gasteiger partial charge in [-0.1, -0.05) is 46.3 Å². The molecule has 27 heavy (non-hydrogen) atoms. The Labute approximate surface area is 168 Å². The third-order valence-electron chi connectivity index (χ3n) is 4.66. The number of carbonyl (C=O) groups excluding carboxylic acids is 1. The Balaban J connectivity index is 1.76. The third kappa shape index (κ3) is 5.32. The van der Waals surface area contributed by atoms with E-state index in [1.807, 2.05) is 55.5 Å². The number of rotatable bonds is 6. The molecule has 144 valence electrons. The summed E-state index contributed by atoms with van der Waals surface area (Å²) in [5.74, 6) is 0.586. The summed E-state index contributed by atoms with van der Waals surface area (Å²) in [6, 6.07) is 14.9. The number of halogens is 1. The molecule has 0 spiro atoms. The van der Waals surface area contributed by atoms with E-state index in [4.69, 9.17) is 4.74 Å². The van der Waals surface area contributed by atoms with Crippen molar-refractivity contribution in [2.75, 3.05) is 18.1 Å². The quantitative estimate of drug-likeness (QED) is 0.675. The standard InChI is InChI=1S/C20H22BrNO4S/c1-15-5-2-3-8-19(15)26-13-20(23)22(18-9-10-27(24,25)14-18)12-16-6-4-7-17(21)11-16/h2-8,11,18H,9-10,12-14H2,1H3. The molecule has 2 aromatic carbocycles. The first-order valence-electron chi connectivity index (χ1n) is 8.77. The van der Waals surface area contributed by atoms with Crippen LogP contribution in [0.25, 0.3) is 0 Å². The van der Waals surface area contributed by atoms with Crippen LogP contribution in [0.15, 0.2) is 53.0 Å². The summed E-state index contributed by atoms with van der Waals surface area (Å²) in [5.41, 5.74) is 1.89. The van der Waals surface area contributed by atoms with Gasteiger partial charge in [0, 0.05) is 17.1 Å². The van der Waals surface area contributed by atoms with Crippen molar-refractivity contribution < 1.29 is 17.9 Å². The van der Waals surface area contributed by atoms with Crippen molar-refractivity contribution in [3.63, 3.8) is 0 Å². The molecule has 5 nitrogen and oxygen atoms in total. The van der Waals surface area contributed by atoms with Crippen molar-refractivity contribution in [2.24, 2.45) is 0 Å². The monoisotopic (exact) mass is 451 g/mol. The molecule has 0 aliphatic carbocycles. The number of hydrogen-bond acceptors (Lipinski definition) is 4. The Hall–Kier alpha value is -1.86. The Morgan fingerprint density at radius 3 is 2.67 bits per heavy atom. The van der Waals surface area contributed by atoms with E-state index in [-0.39, 0.29) is 30.1 Å². The van der Waals surface area contributed by atoms with E-state index < -0.39 is 9.84 Å². The largest absolute Gasteiger partial charge is 0.484 e. The first kappa shape index (κ1) is 19.9. The molecular weight excluding hydrogens is 430 g/mol. The van der Waals surface area contributed by atoms with Crippen LogP contribution in [0.5, 0.6) is 5.75 Å². The summed E-state index contributed by atoms with van der Waals surface area (Å²) in [7, 11) is -3.09. The minimum atomic E-state index is -3.09. The molecule has 1 amide bonds. The molecule has 0 saturated carbocycles. The Bertz CT molecular complexity index is 929. The van der Waals surface area contributed by atoms with Gasteiger partial charge in [-0.3, -0.25) is 4.79 Å². The molecule has 1 unspecified atom stereocenters. The SMILES string of the molecule is Cc1ccccc1OCC(=O)N(Cc1cccc(Br)c1)C1CCS(=O)(=O)C1. The maximum Gasteiger partial charge on any atom is 0.261 e. The van der Waals surface area contributed by atoms with Gasteiger partial charge in [0.25, 0.3) is 5.91 Å². The number of para-hydroxylation sites is 1. The van der Waals surface area contributed by atoms with Crippen molar-refractivity contribution in [1.29, 1.82) is 0 Å². The Morgan fingerprint density at radius 1 is 1.22 bits per heavy atom. The van der Waals surface area contributed by atoms with Gasteiger partial charge in [0.2, 0.25) is 0 Å². The van der Waals surface area contributed by atoms with Crippen molar-refractivity contribution >= 4 is 31.7 Å². The molecule has 1 saturated heterocycles. The van der Waals surface area contributed by atoms with Crippen LogP contribution in [-0.2, 0) is 21.2 Å². The number of hydrogen-bond donors (Lipinski definition) is 0. The lowest BCUT2D eigenvalue weighted by Gasteiger charge is -2.28. The van der Waals surface area contributed by atoms with Gasteiger partial charge in [-0.05, 0) is 42.7 Å². The molecular formula is C20H22BrNO4S. The molecule has 0 aromatic heterocycles. The molecule has 3 rings (SSSR count). The fourth-order valence-electron chi connectivity index (χ4n) is 3.21. The summed E-state index contributed by atoms with van der Waals surface area (Å²) < 4.78 is 30.5. The number of aryl methyl sites for hydroxylation is 1. The van der Waals surface area contributed by atoms with Gasteiger partial charge < -0.3 is 9.64 Å². The van der Waals surface area contributed by atoms with Gasteiger partial charge in [0.15, 0.2) is 16.4 Å². The van der Waals surface area contributed by atoms with Crippen LogP contribution in [0, 0.1) is 6.92 Å². The van der Waals surface area contributed by atoms with E-state index in [9.17, 15) is 13.2 Å². The molecule has 1 fully saturated rings. The van der Waals surface area contributed by atoms with E-state index in [1.54, 1.807) is 4.90 Å². The second kappa shape index (κ2) is 8.44. The van der Waals surface area contributed by atoms with Gasteiger partial charge in [-0.15, -0.1) is 0 Å². The lowest BCUT2D eigenvalue weighted by molar-refractivity contribution is -0.136. The van der Waals surface area contributed by atoms with Crippen LogP contribution in [-0.4, -0.2) is 43.4 Å². The predicted molar refractivity (Wildman–Crippen MR) is 108 cm³/mol. The highest BCUT2D eigenvalue weighted by atomic mass is 79.9. The first-order chi connectivity index (χ1) is 12.8. The fourth-order valence-corrected chi connectivity index (χ4v) is 5.39. The Morgan fingerprint density at radius 2 is 2.00 bits per heavy atom. The van der Waals surface area contributed by atoms with E-state index >= 15 is 0 Å². The van der Waals surface area contributed by atoms with Gasteiger partial charge >= 0.3 is 0 Å². The number of sulfone groups is 1. The second-order valence-corrected chi connectivity index (χ2v) is 9.91. The van der Waals surface area contributed by atoms with Crippen molar-refractivity contribution in [2.45, 2.75) is 25.9 Å². The number of benzene rings is 2. The van der Waals surface area contributed by atoms with Crippen LogP contribution in [0.1, 0.15) is 17.5 Å². The summed E-state index contributed by atoms with van der Waals surface area (Å²) in [6.07, 6.45) is 0.465. The normalized spacial score (nSPS) is 18.2. The van der Waals surface area contributed by atoms with Crippen LogP contribution in [0.2, 0.25) is 0 Å². The van der Waals surface area contributed by atoms with E-state index in [1.165, 1.54) is 0 Å². The van der Waals surface area contributed by atoms with Crippen molar-refractivity contribution in [3.8, 4) is 5.75 Å². The summed E-state index contributed by atoms with van der Waals surface area (Å²) in [4.78, 5) is 14.6. The summed E-state index contributed by atoms with van der Waals surface area (Å²) >= 11 is 3.44. The average molecular weight is 452 g/mol. The van der Waals surface area contributed by atoms with Gasteiger partial charge in [0.1, 0.15) is 5.75 Å². The van der Waals surface area contributed by atoms with E-state index in [0.29, 0.717) is 18.7 Å². The maximum atomic E-state index is 12.9. The van der Waals surface area contributed by atoms with Gasteiger partial charge in [-0.2, -0.15) is 0 Å². The van der Waals surface area contributed by atoms with Gasteiger partial charge in [0.05, 0.1) is 11.5 Å². The molecule has 1 atom stereocenters. The molecule has 0 bridgehead atoms. The molecule has 2 aromatic rings. The molecule has 1 aliphatic rings. The van der Waals surface area contributed by atoms with Crippen molar-refractivity contribution in [1.82, 2.24) is 4.90 Å². The zero-order chi connectivity index (χ0) is 19.4. The molecule has 0 radical (unpaired) electrons. The zero-order valence-electron chi connectivity index (χ0n) is 15.1. The molecule has 1 heterocycles. The van der Waals surface area contributed by atoms with Crippen LogP contribution in [0.4, 0.5) is 0 Å².